The van der Waals surface area contributed by atoms with Crippen LogP contribution in [0.1, 0.15) is 13.8 Å². The Morgan fingerprint density at radius 1 is 1.00 bits per heavy atom. The first-order valence-corrected chi connectivity index (χ1v) is 8.94. The van der Waals surface area contributed by atoms with E-state index in [9.17, 15) is 0 Å². The number of benzene rings is 1. The first-order valence-electron chi connectivity index (χ1n) is 4.52. The van der Waals surface area contributed by atoms with Crippen LogP contribution in [0.25, 0.3) is 0 Å². The second-order valence-corrected chi connectivity index (χ2v) is 12.9. The molecule has 0 amide bonds. The van der Waals surface area contributed by atoms with E-state index in [-0.39, 0.29) is 17.1 Å². The maximum atomic E-state index is 6.58. The summed E-state index contributed by atoms with van der Waals surface area (Å²) in [4.78, 5) is 0. The van der Waals surface area contributed by atoms with Crippen molar-refractivity contribution in [1.82, 2.24) is 0 Å². The van der Waals surface area contributed by atoms with Crippen molar-refractivity contribution in [3.05, 3.63) is 30.3 Å². The van der Waals surface area contributed by atoms with Gasteiger partial charge in [0.2, 0.25) is 0 Å². The summed E-state index contributed by atoms with van der Waals surface area (Å²) in [6.07, 6.45) is 1.68. The van der Waals surface area contributed by atoms with Crippen LogP contribution in [0.2, 0.25) is 0 Å². The molecular weight excluding hydrogens is 277 g/mol. The molecule has 0 spiro atoms. The molecule has 0 N–H and O–H groups in total. The predicted molar refractivity (Wildman–Crippen MR) is 65.8 cm³/mol. The fourth-order valence-electron chi connectivity index (χ4n) is 1.34. The third kappa shape index (κ3) is 2.87. The zero-order valence-electron chi connectivity index (χ0n) is 8.38. The van der Waals surface area contributed by atoms with Crippen LogP contribution < -0.4 is 5.30 Å². The van der Waals surface area contributed by atoms with Gasteiger partial charge in [-0.05, 0) is 0 Å². The van der Waals surface area contributed by atoms with Crippen molar-refractivity contribution in [2.75, 3.05) is 12.3 Å². The van der Waals surface area contributed by atoms with Gasteiger partial charge in [-0.2, -0.15) is 0 Å². The van der Waals surface area contributed by atoms with Gasteiger partial charge >= 0.3 is 89.6 Å². The molecule has 0 saturated heterocycles. The van der Waals surface area contributed by atoms with Gasteiger partial charge in [-0.1, -0.05) is 0 Å². The molecule has 1 aromatic rings. The Labute approximate surface area is 106 Å². The molecule has 0 aliphatic heterocycles. The maximum Gasteiger partial charge on any atom is 0 e. The molecule has 0 bridgehead atoms. The number of hydrogen-bond donors (Lipinski definition) is 0. The van der Waals surface area contributed by atoms with Crippen LogP contribution in [-0.2, 0) is 17.1 Å². The van der Waals surface area contributed by atoms with E-state index in [1.54, 1.807) is 0 Å². The third-order valence-corrected chi connectivity index (χ3v) is 10.5. The minimum atomic E-state index is -2.60. The molecule has 0 aliphatic rings. The molecule has 1 radical (unpaired) electrons. The van der Waals surface area contributed by atoms with Crippen molar-refractivity contribution >= 4 is 33.1 Å². The zero-order valence-corrected chi connectivity index (χ0v) is 12.0. The van der Waals surface area contributed by atoms with Crippen LogP contribution in [0.15, 0.2) is 30.3 Å². The Hall–Kier alpha value is 0.749. The summed E-state index contributed by atoms with van der Waals surface area (Å²) in [5, 5.41) is -1.49. The van der Waals surface area contributed by atoms with Gasteiger partial charge in [0.25, 0.3) is 0 Å². The van der Waals surface area contributed by atoms with Gasteiger partial charge in [-0.3, -0.25) is 0 Å². The van der Waals surface area contributed by atoms with Gasteiger partial charge in [-0.15, -0.1) is 0 Å². The number of rotatable bonds is 3. The first-order chi connectivity index (χ1) is 6.02. The van der Waals surface area contributed by atoms with E-state index in [1.165, 1.54) is 0 Å². The quantitative estimate of drug-likeness (QED) is 0.578. The van der Waals surface area contributed by atoms with E-state index in [0.717, 1.165) is 17.6 Å². The van der Waals surface area contributed by atoms with Crippen LogP contribution >= 0.6 is 27.8 Å². The zero-order chi connectivity index (χ0) is 9.97. The van der Waals surface area contributed by atoms with Gasteiger partial charge in [0.1, 0.15) is 0 Å². The van der Waals surface area contributed by atoms with Crippen LogP contribution in [0.3, 0.4) is 0 Å². The Balaban J connectivity index is 0.00000169. The molecule has 1 rings (SSSR count). The Kier molecular flexibility index (Phi) is 5.47. The van der Waals surface area contributed by atoms with Gasteiger partial charge in [0.05, 0.1) is 0 Å². The van der Waals surface area contributed by atoms with Crippen molar-refractivity contribution in [2.24, 2.45) is 0 Å². The fourth-order valence-corrected chi connectivity index (χ4v) is 4.01. The average Bonchev–Trinajstić information content (AvgIpc) is 2.20. The van der Waals surface area contributed by atoms with Gasteiger partial charge < -0.3 is 0 Å². The molecule has 0 aliphatic carbocycles. The Morgan fingerprint density at radius 3 is 1.79 bits per heavy atom. The van der Waals surface area contributed by atoms with Crippen LogP contribution in [0.4, 0.5) is 0 Å². The third-order valence-electron chi connectivity index (χ3n) is 2.56. The second-order valence-electron chi connectivity index (χ2n) is 3.22. The van der Waals surface area contributed by atoms with Crippen LogP contribution in [0, 0.1) is 0 Å². The molecule has 1 aromatic carbocycles. The minimum Gasteiger partial charge on any atom is 0 e. The molecule has 0 fully saturated rings. The fraction of sp³-hybridized carbons (Fsp3) is 0.400. The normalized spacial score (nSPS) is 13.9. The molecule has 81 valence electrons. The maximum absolute atomic E-state index is 6.58. The predicted octanol–water partition coefficient (Wildman–Crippen LogP) is 4.21. The van der Waals surface area contributed by atoms with Gasteiger partial charge in [0, 0.05) is 17.1 Å². The summed E-state index contributed by atoms with van der Waals surface area (Å²) >= 11 is 13.2. The summed E-state index contributed by atoms with van der Waals surface area (Å²) in [6.45, 7) is 4.13. The molecule has 0 heterocycles. The Bertz CT molecular complexity index is 279. The monoisotopic (exact) mass is 291 g/mol. The van der Waals surface area contributed by atoms with Crippen LogP contribution in [0.5, 0.6) is 0 Å². The van der Waals surface area contributed by atoms with Gasteiger partial charge in [-0.25, -0.2) is 0 Å². The average molecular weight is 292 g/mol. The second kappa shape index (κ2) is 5.19. The molecule has 0 nitrogen and oxygen atoms in total. The molecule has 0 aromatic heterocycles. The van der Waals surface area contributed by atoms with Crippen molar-refractivity contribution in [3.63, 3.8) is 0 Å². The topological polar surface area (TPSA) is 0 Å². The largest absolute Gasteiger partial charge is 0 e. The van der Waals surface area contributed by atoms with E-state index in [0.29, 0.717) is 0 Å². The summed E-state index contributed by atoms with van der Waals surface area (Å²) in [7, 11) is 0. The first kappa shape index (κ1) is 14.7. The SMILES string of the molecule is CCP(Cl)(Cl)(CC)c1ccccc1.[Mn]. The van der Waals surface area contributed by atoms with Crippen molar-refractivity contribution in [2.45, 2.75) is 13.8 Å². The summed E-state index contributed by atoms with van der Waals surface area (Å²) in [6, 6.07) is 10.0. The summed E-state index contributed by atoms with van der Waals surface area (Å²) in [5.41, 5.74) is 0. The van der Waals surface area contributed by atoms with E-state index in [4.69, 9.17) is 22.5 Å². The van der Waals surface area contributed by atoms with Crippen molar-refractivity contribution in [1.29, 1.82) is 0 Å². The van der Waals surface area contributed by atoms with Crippen molar-refractivity contribution < 1.29 is 17.1 Å². The van der Waals surface area contributed by atoms with E-state index < -0.39 is 5.31 Å². The van der Waals surface area contributed by atoms with Crippen LogP contribution in [-0.4, -0.2) is 12.3 Å². The molecule has 4 heteroatoms. The molecule has 0 saturated carbocycles. The standard InChI is InChI=1S/C10H15Cl2P.Mn/c1-3-13(11,12,4-2)10-8-6-5-7-9-10;/h5-9H,3-4H2,1-2H3;. The van der Waals surface area contributed by atoms with Crippen molar-refractivity contribution in [3.8, 4) is 0 Å². The molecule has 14 heavy (non-hydrogen) atoms. The smallest absolute Gasteiger partial charge is 0 e. The molecular formula is C10H15Cl2MnP. The summed E-state index contributed by atoms with van der Waals surface area (Å²) in [5.74, 6) is 0. The molecule has 0 atom stereocenters. The van der Waals surface area contributed by atoms with Gasteiger partial charge in [0.15, 0.2) is 0 Å². The van der Waals surface area contributed by atoms with E-state index >= 15 is 0 Å². The Morgan fingerprint density at radius 2 is 1.43 bits per heavy atom. The van der Waals surface area contributed by atoms with E-state index in [2.05, 4.69) is 13.8 Å². The summed E-state index contributed by atoms with van der Waals surface area (Å²) < 4.78 is 0. The molecule has 0 unspecified atom stereocenters. The minimum absolute atomic E-state index is 0. The number of hydrogen-bond acceptors (Lipinski definition) is 0. The van der Waals surface area contributed by atoms with E-state index in [1.807, 2.05) is 30.3 Å². The number of halogens is 2.